The maximum atomic E-state index is 13.2. The Hall–Kier alpha value is -3.93. The highest BCUT2D eigenvalue weighted by Crippen LogP contribution is 2.40. The average molecular weight is 485 g/mol. The Bertz CT molecular complexity index is 1430. The lowest BCUT2D eigenvalue weighted by molar-refractivity contribution is 0.101. The molecule has 0 radical (unpaired) electrons. The molecule has 1 N–H and O–H groups in total. The van der Waals surface area contributed by atoms with Gasteiger partial charge < -0.3 is 0 Å². The summed E-state index contributed by atoms with van der Waals surface area (Å²) in [6.07, 6.45) is 3.14. The van der Waals surface area contributed by atoms with Crippen LogP contribution in [-0.4, -0.2) is 20.6 Å². The number of nitrogens with zero attached hydrogens (tertiary/aromatic N) is 3. The first-order chi connectivity index (χ1) is 16.6. The number of hydrogen-bond donors (Lipinski definition) is 1. The largest absolute Gasteiger partial charge is 0.270 e. The van der Waals surface area contributed by atoms with Crippen LogP contribution in [0, 0.1) is 0 Å². The van der Waals surface area contributed by atoms with Crippen molar-refractivity contribution in [3.8, 4) is 33.9 Å². The van der Waals surface area contributed by atoms with E-state index in [0.29, 0.717) is 38.4 Å². The van der Waals surface area contributed by atoms with Crippen molar-refractivity contribution in [3.05, 3.63) is 119 Å². The second-order valence-corrected chi connectivity index (χ2v) is 8.29. The summed E-state index contributed by atoms with van der Waals surface area (Å²) in [5, 5.41) is 0.854. The number of amides is 1. The lowest BCUT2D eigenvalue weighted by Gasteiger charge is -2.15. The van der Waals surface area contributed by atoms with Gasteiger partial charge in [-0.3, -0.25) is 15.2 Å². The van der Waals surface area contributed by atoms with Gasteiger partial charge in [0.2, 0.25) is 0 Å². The third kappa shape index (κ3) is 4.19. The Kier molecular flexibility index (Phi) is 6.12. The molecule has 34 heavy (non-hydrogen) atoms. The molecule has 0 aliphatic rings. The molecule has 3 aromatic carbocycles. The first-order valence-corrected chi connectivity index (χ1v) is 11.3. The highest BCUT2D eigenvalue weighted by molar-refractivity contribution is 6.39. The summed E-state index contributed by atoms with van der Waals surface area (Å²) in [4.78, 5) is 22.2. The highest BCUT2D eigenvalue weighted by atomic mass is 35.5. The van der Waals surface area contributed by atoms with E-state index in [9.17, 15) is 4.79 Å². The maximum absolute atomic E-state index is 13.2. The van der Waals surface area contributed by atoms with Crippen LogP contribution in [0.1, 0.15) is 10.4 Å². The van der Waals surface area contributed by atoms with Gasteiger partial charge >= 0.3 is 0 Å². The Morgan fingerprint density at radius 2 is 1.32 bits per heavy atom. The van der Waals surface area contributed by atoms with E-state index < -0.39 is 0 Å². The predicted octanol–water partition coefficient (Wildman–Crippen LogP) is 6.97. The van der Waals surface area contributed by atoms with Crippen LogP contribution in [0.4, 0.5) is 0 Å². The molecule has 166 valence electrons. The number of nitrogens with one attached hydrogen (secondary N) is 1. The number of imidazole rings is 1. The molecule has 0 atom stereocenters. The van der Waals surface area contributed by atoms with Crippen molar-refractivity contribution in [2.75, 3.05) is 5.43 Å². The minimum Gasteiger partial charge on any atom is -0.267 e. The third-order valence-corrected chi connectivity index (χ3v) is 5.94. The lowest BCUT2D eigenvalue weighted by atomic mass is 10.1. The fraction of sp³-hybridized carbons (Fsp3) is 0. The van der Waals surface area contributed by atoms with Gasteiger partial charge in [-0.2, -0.15) is 0 Å². The fourth-order valence-electron chi connectivity index (χ4n) is 3.74. The molecule has 5 aromatic rings. The Morgan fingerprint density at radius 1 is 0.735 bits per heavy atom. The Morgan fingerprint density at radius 3 is 1.94 bits per heavy atom. The topological polar surface area (TPSA) is 59.8 Å². The van der Waals surface area contributed by atoms with Gasteiger partial charge in [-0.05, 0) is 24.3 Å². The van der Waals surface area contributed by atoms with E-state index in [1.807, 2.05) is 60.7 Å². The minimum absolute atomic E-state index is 0.319. The van der Waals surface area contributed by atoms with E-state index in [-0.39, 0.29) is 5.91 Å². The molecule has 0 aliphatic heterocycles. The fourth-order valence-corrected chi connectivity index (χ4v) is 4.30. The predicted molar refractivity (Wildman–Crippen MR) is 136 cm³/mol. The summed E-state index contributed by atoms with van der Waals surface area (Å²) in [7, 11) is 0. The molecule has 0 saturated heterocycles. The highest BCUT2D eigenvalue weighted by Gasteiger charge is 2.25. The summed E-state index contributed by atoms with van der Waals surface area (Å²) < 4.78 is 1.66. The average Bonchev–Trinajstić information content (AvgIpc) is 3.24. The van der Waals surface area contributed by atoms with Gasteiger partial charge in [-0.25, -0.2) is 9.66 Å². The SMILES string of the molecule is O=C(Nn1c(-c2c(Cl)cccc2Cl)nc(-c2ccccc2)c1-c1ccccc1)c1ccncc1. The van der Waals surface area contributed by atoms with E-state index in [0.717, 1.165) is 11.1 Å². The van der Waals surface area contributed by atoms with E-state index in [1.54, 1.807) is 47.4 Å². The summed E-state index contributed by atoms with van der Waals surface area (Å²) in [6, 6.07) is 28.1. The van der Waals surface area contributed by atoms with Crippen molar-refractivity contribution in [1.82, 2.24) is 14.6 Å². The quantitative estimate of drug-likeness (QED) is 0.293. The molecule has 2 heterocycles. The van der Waals surface area contributed by atoms with E-state index >= 15 is 0 Å². The lowest BCUT2D eigenvalue weighted by Crippen LogP contribution is -2.24. The van der Waals surface area contributed by atoms with Crippen molar-refractivity contribution in [3.63, 3.8) is 0 Å². The minimum atomic E-state index is -0.319. The summed E-state index contributed by atoms with van der Waals surface area (Å²) in [6.45, 7) is 0. The molecule has 0 unspecified atom stereocenters. The summed E-state index contributed by atoms with van der Waals surface area (Å²) in [5.74, 6) is 0.108. The van der Waals surface area contributed by atoms with Crippen LogP contribution in [0.15, 0.2) is 103 Å². The zero-order chi connectivity index (χ0) is 23.5. The molecule has 0 bridgehead atoms. The Balaban J connectivity index is 1.81. The molecule has 2 aromatic heterocycles. The maximum Gasteiger partial charge on any atom is 0.270 e. The molecular weight excluding hydrogens is 467 g/mol. The van der Waals surface area contributed by atoms with Gasteiger partial charge in [0.1, 0.15) is 0 Å². The number of carbonyl (C=O) groups excluding carboxylic acids is 1. The molecule has 0 saturated carbocycles. The van der Waals surface area contributed by atoms with Crippen LogP contribution >= 0.6 is 23.2 Å². The molecule has 7 heteroatoms. The standard InChI is InChI=1S/C27H18Cl2N4O/c28-21-12-7-13-22(29)23(21)26-31-24(18-8-3-1-4-9-18)25(19-10-5-2-6-11-19)33(26)32-27(34)20-14-16-30-17-15-20/h1-17H,(H,32,34). The van der Waals surface area contributed by atoms with Gasteiger partial charge in [-0.1, -0.05) is 89.9 Å². The van der Waals surface area contributed by atoms with Gasteiger partial charge in [0.15, 0.2) is 5.82 Å². The molecule has 0 fully saturated rings. The van der Waals surface area contributed by atoms with Crippen molar-refractivity contribution in [2.24, 2.45) is 0 Å². The number of rotatable bonds is 5. The summed E-state index contributed by atoms with van der Waals surface area (Å²) >= 11 is 13.2. The van der Waals surface area contributed by atoms with Gasteiger partial charge in [0.05, 0.1) is 27.0 Å². The number of hydrogen-bond acceptors (Lipinski definition) is 3. The number of benzene rings is 3. The molecule has 5 rings (SSSR count). The van der Waals surface area contributed by atoms with Crippen molar-refractivity contribution >= 4 is 29.1 Å². The van der Waals surface area contributed by atoms with Crippen molar-refractivity contribution in [1.29, 1.82) is 0 Å². The second kappa shape index (κ2) is 9.51. The first kappa shape index (κ1) is 21.9. The van der Waals surface area contributed by atoms with E-state index in [4.69, 9.17) is 28.2 Å². The second-order valence-electron chi connectivity index (χ2n) is 7.47. The molecular formula is C27H18Cl2N4O. The van der Waals surface area contributed by atoms with Crippen LogP contribution in [0.25, 0.3) is 33.9 Å². The van der Waals surface area contributed by atoms with Crippen LogP contribution in [0.3, 0.4) is 0 Å². The third-order valence-electron chi connectivity index (χ3n) is 5.31. The van der Waals surface area contributed by atoms with Crippen LogP contribution in [0.2, 0.25) is 10.0 Å². The number of aromatic nitrogens is 3. The molecule has 5 nitrogen and oxygen atoms in total. The normalized spacial score (nSPS) is 10.8. The zero-order valence-electron chi connectivity index (χ0n) is 17.8. The van der Waals surface area contributed by atoms with Crippen molar-refractivity contribution < 1.29 is 4.79 Å². The van der Waals surface area contributed by atoms with Gasteiger partial charge in [-0.15, -0.1) is 0 Å². The smallest absolute Gasteiger partial charge is 0.267 e. The van der Waals surface area contributed by atoms with E-state index in [2.05, 4.69) is 10.4 Å². The van der Waals surface area contributed by atoms with Gasteiger partial charge in [0, 0.05) is 29.1 Å². The molecule has 1 amide bonds. The molecule has 0 aliphatic carbocycles. The van der Waals surface area contributed by atoms with Gasteiger partial charge in [0.25, 0.3) is 5.91 Å². The Labute approximate surface area is 206 Å². The summed E-state index contributed by atoms with van der Waals surface area (Å²) in [5.41, 5.74) is 7.15. The van der Waals surface area contributed by atoms with Crippen LogP contribution in [-0.2, 0) is 0 Å². The van der Waals surface area contributed by atoms with Crippen LogP contribution < -0.4 is 5.43 Å². The first-order valence-electron chi connectivity index (χ1n) is 10.5. The number of carbonyl (C=O) groups is 1. The van der Waals surface area contributed by atoms with Crippen molar-refractivity contribution in [2.45, 2.75) is 0 Å². The number of pyridine rings is 1. The van der Waals surface area contributed by atoms with Crippen LogP contribution in [0.5, 0.6) is 0 Å². The monoisotopic (exact) mass is 484 g/mol. The number of halogens is 2. The molecule has 0 spiro atoms. The van der Waals surface area contributed by atoms with E-state index in [1.165, 1.54) is 0 Å². The zero-order valence-corrected chi connectivity index (χ0v) is 19.3.